The predicted molar refractivity (Wildman–Crippen MR) is 56.6 cm³/mol. The van der Waals surface area contributed by atoms with E-state index in [9.17, 15) is 13.6 Å². The van der Waals surface area contributed by atoms with Crippen LogP contribution in [0.25, 0.3) is 0 Å². The summed E-state index contributed by atoms with van der Waals surface area (Å²) in [5.74, 6) is -0.636. The summed E-state index contributed by atoms with van der Waals surface area (Å²) in [4.78, 5) is 10.3. The minimum absolute atomic E-state index is 0.0166. The number of carbonyl (C=O) groups is 1. The Balaban J connectivity index is 2.86. The first-order valence-electron chi connectivity index (χ1n) is 4.80. The van der Waals surface area contributed by atoms with Crippen molar-refractivity contribution in [3.63, 3.8) is 0 Å². The first kappa shape index (κ1) is 13.0. The van der Waals surface area contributed by atoms with E-state index in [1.54, 1.807) is 0 Å². The van der Waals surface area contributed by atoms with Crippen LogP contribution in [0.5, 0.6) is 5.75 Å². The number of halogens is 2. The lowest BCUT2D eigenvalue weighted by molar-refractivity contribution is -0.136. The van der Waals surface area contributed by atoms with Crippen molar-refractivity contribution in [1.82, 2.24) is 0 Å². The summed E-state index contributed by atoms with van der Waals surface area (Å²) < 4.78 is 31.7. The second-order valence-corrected chi connectivity index (χ2v) is 3.25. The van der Waals surface area contributed by atoms with Gasteiger partial charge in [-0.25, -0.2) is 8.78 Å². The van der Waals surface area contributed by atoms with E-state index in [4.69, 9.17) is 16.3 Å². The van der Waals surface area contributed by atoms with Crippen LogP contribution in [0, 0.1) is 24.0 Å². The number of carboxylic acid groups (broad SMARTS) is 1. The van der Waals surface area contributed by atoms with Crippen LogP contribution in [0.15, 0.2) is 12.1 Å². The number of hydrogen-bond donors (Lipinski definition) is 1. The molecule has 1 aromatic carbocycles. The molecule has 3 nitrogen and oxygen atoms in total. The maximum Gasteiger partial charge on any atom is 0.303 e. The zero-order valence-corrected chi connectivity index (χ0v) is 8.87. The van der Waals surface area contributed by atoms with E-state index in [2.05, 4.69) is 5.92 Å². The Kier molecular flexibility index (Phi) is 4.46. The van der Waals surface area contributed by atoms with Crippen molar-refractivity contribution in [2.24, 2.45) is 0 Å². The first-order valence-corrected chi connectivity index (χ1v) is 4.80. The van der Waals surface area contributed by atoms with Gasteiger partial charge in [-0.3, -0.25) is 4.79 Å². The molecule has 0 amide bonds. The van der Waals surface area contributed by atoms with Crippen LogP contribution in [0.4, 0.5) is 8.78 Å². The third kappa shape index (κ3) is 3.76. The van der Waals surface area contributed by atoms with Crippen LogP contribution in [0.2, 0.25) is 0 Å². The Morgan fingerprint density at radius 3 is 2.47 bits per heavy atom. The van der Waals surface area contributed by atoms with Crippen molar-refractivity contribution in [2.75, 3.05) is 6.61 Å². The molecule has 0 aromatic heterocycles. The summed E-state index contributed by atoms with van der Waals surface area (Å²) in [5, 5.41) is 8.44. The number of ether oxygens (including phenoxy) is 1. The third-order valence-corrected chi connectivity index (χ3v) is 2.03. The molecular weight excluding hydrogens is 230 g/mol. The Bertz CT molecular complexity index is 440. The number of rotatable bonds is 5. The molecule has 0 aliphatic heterocycles. The van der Waals surface area contributed by atoms with Crippen molar-refractivity contribution in [3.05, 3.63) is 29.3 Å². The fourth-order valence-corrected chi connectivity index (χ4v) is 1.26. The normalized spacial score (nSPS) is 9.71. The molecule has 0 atom stereocenters. The largest absolute Gasteiger partial charge is 0.481 e. The Labute approximate surface area is 97.0 Å². The zero-order valence-electron chi connectivity index (χ0n) is 8.87. The Morgan fingerprint density at radius 2 is 2.00 bits per heavy atom. The number of hydrogen-bond acceptors (Lipinski definition) is 2. The quantitative estimate of drug-likeness (QED) is 0.800. The number of carboxylic acids is 1. The molecule has 1 N–H and O–H groups in total. The topological polar surface area (TPSA) is 46.5 Å². The van der Waals surface area contributed by atoms with Gasteiger partial charge in [-0.15, -0.1) is 6.42 Å². The molecule has 0 unspecified atom stereocenters. The Hall–Kier alpha value is -2.09. The van der Waals surface area contributed by atoms with Gasteiger partial charge in [0.2, 0.25) is 0 Å². The highest BCUT2D eigenvalue weighted by Crippen LogP contribution is 2.21. The van der Waals surface area contributed by atoms with Crippen molar-refractivity contribution in [1.29, 1.82) is 0 Å². The van der Waals surface area contributed by atoms with Gasteiger partial charge in [-0.2, -0.15) is 0 Å². The summed E-state index contributed by atoms with van der Waals surface area (Å²) >= 11 is 0. The van der Waals surface area contributed by atoms with Crippen LogP contribution in [-0.2, 0) is 11.2 Å². The van der Waals surface area contributed by atoms with Gasteiger partial charge < -0.3 is 9.84 Å². The van der Waals surface area contributed by atoms with Crippen molar-refractivity contribution < 1.29 is 23.4 Å². The maximum absolute atomic E-state index is 13.4. The third-order valence-electron chi connectivity index (χ3n) is 2.03. The summed E-state index contributed by atoms with van der Waals surface area (Å²) in [7, 11) is 0. The second kappa shape index (κ2) is 5.85. The average molecular weight is 240 g/mol. The standard InChI is InChI=1S/C12H10F2O3/c1-2-5-17-8-6-10(13)9(11(14)7-8)3-4-12(15)16/h1,6-7H,3-5H2,(H,15,16). The molecule has 90 valence electrons. The van der Waals surface area contributed by atoms with Gasteiger partial charge in [0.05, 0.1) is 0 Å². The Morgan fingerprint density at radius 1 is 1.41 bits per heavy atom. The van der Waals surface area contributed by atoms with E-state index in [0.29, 0.717) is 0 Å². The van der Waals surface area contributed by atoms with Gasteiger partial charge in [0.15, 0.2) is 0 Å². The molecule has 0 fully saturated rings. The van der Waals surface area contributed by atoms with E-state index in [-0.39, 0.29) is 30.8 Å². The van der Waals surface area contributed by atoms with E-state index in [1.165, 1.54) is 0 Å². The van der Waals surface area contributed by atoms with Gasteiger partial charge in [0.1, 0.15) is 24.0 Å². The average Bonchev–Trinajstić information content (AvgIpc) is 2.24. The first-order chi connectivity index (χ1) is 8.04. The molecule has 17 heavy (non-hydrogen) atoms. The molecule has 0 heterocycles. The van der Waals surface area contributed by atoms with Gasteiger partial charge in [-0.1, -0.05) is 5.92 Å². The fourth-order valence-electron chi connectivity index (χ4n) is 1.26. The lowest BCUT2D eigenvalue weighted by Crippen LogP contribution is -2.03. The van der Waals surface area contributed by atoms with Crippen molar-refractivity contribution in [3.8, 4) is 18.1 Å². The van der Waals surface area contributed by atoms with Crippen molar-refractivity contribution in [2.45, 2.75) is 12.8 Å². The van der Waals surface area contributed by atoms with Gasteiger partial charge in [-0.05, 0) is 6.42 Å². The molecule has 0 aliphatic carbocycles. The minimum Gasteiger partial charge on any atom is -0.481 e. The van der Waals surface area contributed by atoms with Crippen LogP contribution < -0.4 is 4.74 Å². The smallest absolute Gasteiger partial charge is 0.303 e. The molecule has 0 saturated heterocycles. The summed E-state index contributed by atoms with van der Waals surface area (Å²) in [6, 6.07) is 1.97. The predicted octanol–water partition coefficient (Wildman–Crippen LogP) is 1.99. The molecule has 5 heteroatoms. The van der Waals surface area contributed by atoms with Gasteiger partial charge in [0.25, 0.3) is 0 Å². The fraction of sp³-hybridized carbons (Fsp3) is 0.250. The van der Waals surface area contributed by atoms with E-state index in [1.807, 2.05) is 0 Å². The summed E-state index contributed by atoms with van der Waals surface area (Å²) in [5.41, 5.74) is -0.263. The lowest BCUT2D eigenvalue weighted by Gasteiger charge is -2.07. The SMILES string of the molecule is C#CCOc1cc(F)c(CCC(=O)O)c(F)c1. The highest BCUT2D eigenvalue weighted by molar-refractivity contribution is 5.67. The molecule has 0 aliphatic rings. The van der Waals surface area contributed by atoms with Crippen molar-refractivity contribution >= 4 is 5.97 Å². The van der Waals surface area contributed by atoms with Gasteiger partial charge >= 0.3 is 5.97 Å². The van der Waals surface area contributed by atoms with E-state index < -0.39 is 17.6 Å². The van der Waals surface area contributed by atoms with E-state index in [0.717, 1.165) is 12.1 Å². The molecule has 1 aromatic rings. The summed E-state index contributed by atoms with van der Waals surface area (Å²) in [6.07, 6.45) is 4.39. The second-order valence-electron chi connectivity index (χ2n) is 3.25. The lowest BCUT2D eigenvalue weighted by atomic mass is 10.1. The number of benzene rings is 1. The zero-order chi connectivity index (χ0) is 12.8. The molecule has 0 radical (unpaired) electrons. The van der Waals surface area contributed by atoms with Crippen LogP contribution in [0.1, 0.15) is 12.0 Å². The highest BCUT2D eigenvalue weighted by Gasteiger charge is 2.13. The maximum atomic E-state index is 13.4. The minimum atomic E-state index is -1.11. The molecule has 0 saturated carbocycles. The van der Waals surface area contributed by atoms with Gasteiger partial charge in [0, 0.05) is 24.1 Å². The highest BCUT2D eigenvalue weighted by atomic mass is 19.1. The molecule has 0 bridgehead atoms. The van der Waals surface area contributed by atoms with Crippen LogP contribution in [-0.4, -0.2) is 17.7 Å². The monoisotopic (exact) mass is 240 g/mol. The number of terminal acetylenes is 1. The van der Waals surface area contributed by atoms with E-state index >= 15 is 0 Å². The summed E-state index contributed by atoms with van der Waals surface area (Å²) in [6.45, 7) is -0.0899. The number of aliphatic carboxylic acids is 1. The van der Waals surface area contributed by atoms with Crippen LogP contribution >= 0.6 is 0 Å². The molecule has 1 rings (SSSR count). The van der Waals surface area contributed by atoms with Crippen LogP contribution in [0.3, 0.4) is 0 Å². The molecule has 0 spiro atoms. The molecular formula is C12H10F2O3.